The Kier molecular flexibility index (Phi) is 6.00. The Labute approximate surface area is 158 Å². The lowest BCUT2D eigenvalue weighted by Crippen LogP contribution is -2.48. The van der Waals surface area contributed by atoms with Crippen molar-refractivity contribution in [2.24, 2.45) is 0 Å². The molecule has 1 saturated heterocycles. The number of carbonyl (C=O) groups is 1. The number of hydrogen-bond donors (Lipinski definition) is 2. The molecule has 0 spiro atoms. The van der Waals surface area contributed by atoms with Gasteiger partial charge in [0, 0.05) is 12.6 Å². The van der Waals surface area contributed by atoms with Crippen molar-refractivity contribution in [2.75, 3.05) is 31.6 Å². The van der Waals surface area contributed by atoms with Crippen molar-refractivity contribution in [1.82, 2.24) is 9.88 Å². The predicted octanol–water partition coefficient (Wildman–Crippen LogP) is 3.12. The quantitative estimate of drug-likeness (QED) is 0.828. The number of carbonyl (C=O) groups excluding carboxylic acids is 1. The van der Waals surface area contributed by atoms with Crippen LogP contribution in [0.3, 0.4) is 0 Å². The van der Waals surface area contributed by atoms with E-state index in [2.05, 4.69) is 10.3 Å². The van der Waals surface area contributed by atoms with E-state index in [0.29, 0.717) is 18.8 Å². The first-order chi connectivity index (χ1) is 13.3. The van der Waals surface area contributed by atoms with Crippen LogP contribution in [0.5, 0.6) is 11.6 Å². The van der Waals surface area contributed by atoms with E-state index in [1.165, 1.54) is 29.3 Å². The van der Waals surface area contributed by atoms with Crippen LogP contribution in [0.2, 0.25) is 0 Å². The second-order valence-corrected chi connectivity index (χ2v) is 6.06. The van der Waals surface area contributed by atoms with Crippen molar-refractivity contribution in [3.63, 3.8) is 0 Å². The molecule has 0 aliphatic carbocycles. The minimum absolute atomic E-state index is 0.165. The zero-order valence-corrected chi connectivity index (χ0v) is 14.6. The molecule has 28 heavy (non-hydrogen) atoms. The second-order valence-electron chi connectivity index (χ2n) is 6.06. The van der Waals surface area contributed by atoms with Crippen molar-refractivity contribution < 1.29 is 32.5 Å². The van der Waals surface area contributed by atoms with Crippen LogP contribution in [0.25, 0.3) is 0 Å². The van der Waals surface area contributed by atoms with Crippen LogP contribution in [0.15, 0.2) is 42.6 Å². The number of rotatable bonds is 4. The smallest absolute Gasteiger partial charge is 0.416 e. The van der Waals surface area contributed by atoms with Gasteiger partial charge in [0.1, 0.15) is 5.75 Å². The van der Waals surface area contributed by atoms with E-state index < -0.39 is 17.8 Å². The molecule has 3 rings (SSSR count). The maximum absolute atomic E-state index is 12.6. The van der Waals surface area contributed by atoms with Gasteiger partial charge < -0.3 is 24.8 Å². The summed E-state index contributed by atoms with van der Waals surface area (Å²) in [6, 6.07) is 6.96. The average molecular weight is 397 g/mol. The molecule has 0 radical (unpaired) electrons. The number of aliphatic hydroxyl groups excluding tert-OH is 1. The number of alkyl halides is 3. The second kappa shape index (κ2) is 8.44. The Morgan fingerprint density at radius 1 is 1.29 bits per heavy atom. The van der Waals surface area contributed by atoms with Crippen molar-refractivity contribution in [3.8, 4) is 11.6 Å². The van der Waals surface area contributed by atoms with Gasteiger partial charge in [0.2, 0.25) is 5.88 Å². The van der Waals surface area contributed by atoms with Crippen LogP contribution in [0.4, 0.5) is 23.7 Å². The van der Waals surface area contributed by atoms with Gasteiger partial charge in [0.25, 0.3) is 0 Å². The fourth-order valence-corrected chi connectivity index (χ4v) is 2.56. The van der Waals surface area contributed by atoms with Gasteiger partial charge in [-0.3, -0.25) is 0 Å². The van der Waals surface area contributed by atoms with Gasteiger partial charge in [0.15, 0.2) is 0 Å². The third kappa shape index (κ3) is 5.11. The summed E-state index contributed by atoms with van der Waals surface area (Å²) < 4.78 is 48.4. The van der Waals surface area contributed by atoms with Gasteiger partial charge >= 0.3 is 12.2 Å². The maximum atomic E-state index is 12.6. The molecule has 1 atom stereocenters. The van der Waals surface area contributed by atoms with Gasteiger partial charge in [-0.2, -0.15) is 13.2 Å². The molecular formula is C18H18F3N3O4. The normalized spacial score (nSPS) is 17.3. The minimum Gasteiger partial charge on any atom is -0.439 e. The summed E-state index contributed by atoms with van der Waals surface area (Å²) in [6.07, 6.45) is -3.44. The zero-order valence-electron chi connectivity index (χ0n) is 14.6. The van der Waals surface area contributed by atoms with Crippen LogP contribution < -0.4 is 10.1 Å². The monoisotopic (exact) mass is 397 g/mol. The highest BCUT2D eigenvalue weighted by molar-refractivity contribution is 5.89. The third-order valence-corrected chi connectivity index (χ3v) is 4.02. The zero-order chi connectivity index (χ0) is 20.1. The van der Waals surface area contributed by atoms with E-state index in [-0.39, 0.29) is 30.8 Å². The first kappa shape index (κ1) is 19.9. The van der Waals surface area contributed by atoms with Gasteiger partial charge in [-0.25, -0.2) is 9.78 Å². The summed E-state index contributed by atoms with van der Waals surface area (Å²) in [7, 11) is 0. The number of aromatic nitrogens is 1. The topological polar surface area (TPSA) is 83.9 Å². The van der Waals surface area contributed by atoms with E-state index in [1.807, 2.05) is 0 Å². The summed E-state index contributed by atoms with van der Waals surface area (Å²) in [5, 5.41) is 11.8. The number of anilines is 1. The lowest BCUT2D eigenvalue weighted by molar-refractivity contribution is -0.137. The highest BCUT2D eigenvalue weighted by Gasteiger charge is 2.30. The summed E-state index contributed by atoms with van der Waals surface area (Å²) >= 11 is 0. The molecule has 0 saturated carbocycles. The van der Waals surface area contributed by atoms with Gasteiger partial charge in [-0.05, 0) is 30.3 Å². The Bertz CT molecular complexity index is 797. The number of nitrogens with zero attached hydrogens (tertiary/aromatic N) is 2. The molecule has 1 aromatic heterocycles. The Balaban J connectivity index is 1.57. The number of pyridine rings is 1. The minimum atomic E-state index is -4.41. The van der Waals surface area contributed by atoms with E-state index in [4.69, 9.17) is 14.6 Å². The highest BCUT2D eigenvalue weighted by atomic mass is 19.4. The fourth-order valence-electron chi connectivity index (χ4n) is 2.56. The van der Waals surface area contributed by atoms with Crippen LogP contribution in [-0.2, 0) is 10.9 Å². The molecule has 150 valence electrons. The number of benzene rings is 1. The first-order valence-electron chi connectivity index (χ1n) is 8.45. The molecule has 2 heterocycles. The number of morpholine rings is 1. The van der Waals surface area contributed by atoms with Gasteiger partial charge in [-0.15, -0.1) is 0 Å². The Hall–Kier alpha value is -2.85. The summed E-state index contributed by atoms with van der Waals surface area (Å²) in [5.41, 5.74) is -0.339. The average Bonchev–Trinajstić information content (AvgIpc) is 2.69. The standard InChI is InChI=1S/C18H18F3N3O4/c19-18(20,21)12-1-4-14(5-2-12)28-16-6-3-13(9-22-16)23-17(26)24-7-8-27-15(10-24)11-25/h1-6,9,15,25H,7-8,10-11H2,(H,23,26)/t15-/m1/s1. The molecule has 7 nitrogen and oxygen atoms in total. The number of aliphatic hydroxyl groups is 1. The molecule has 2 amide bonds. The van der Waals surface area contributed by atoms with E-state index in [1.54, 1.807) is 6.07 Å². The van der Waals surface area contributed by atoms with E-state index in [0.717, 1.165) is 12.1 Å². The summed E-state index contributed by atoms with van der Waals surface area (Å²) in [6.45, 7) is 0.869. The van der Waals surface area contributed by atoms with Gasteiger partial charge in [-0.1, -0.05) is 0 Å². The molecule has 2 N–H and O–H groups in total. The number of hydrogen-bond acceptors (Lipinski definition) is 5. The Morgan fingerprint density at radius 2 is 2.04 bits per heavy atom. The van der Waals surface area contributed by atoms with E-state index >= 15 is 0 Å². The molecule has 1 fully saturated rings. The van der Waals surface area contributed by atoms with Crippen molar-refractivity contribution in [3.05, 3.63) is 48.2 Å². The molecule has 1 aromatic carbocycles. The number of ether oxygens (including phenoxy) is 2. The van der Waals surface area contributed by atoms with Crippen molar-refractivity contribution in [2.45, 2.75) is 12.3 Å². The summed E-state index contributed by atoms with van der Waals surface area (Å²) in [5.74, 6) is 0.380. The van der Waals surface area contributed by atoms with Crippen LogP contribution in [-0.4, -0.2) is 53.4 Å². The van der Waals surface area contributed by atoms with Crippen LogP contribution >= 0.6 is 0 Å². The number of nitrogens with one attached hydrogen (secondary N) is 1. The molecule has 10 heteroatoms. The molecule has 1 aliphatic rings. The summed E-state index contributed by atoms with van der Waals surface area (Å²) in [4.78, 5) is 17.8. The van der Waals surface area contributed by atoms with Gasteiger partial charge in [0.05, 0.1) is 43.3 Å². The van der Waals surface area contributed by atoms with Crippen LogP contribution in [0.1, 0.15) is 5.56 Å². The van der Waals surface area contributed by atoms with Crippen molar-refractivity contribution in [1.29, 1.82) is 0 Å². The first-order valence-corrected chi connectivity index (χ1v) is 8.45. The van der Waals surface area contributed by atoms with Crippen molar-refractivity contribution >= 4 is 11.7 Å². The highest BCUT2D eigenvalue weighted by Crippen LogP contribution is 2.31. The maximum Gasteiger partial charge on any atom is 0.416 e. The lowest BCUT2D eigenvalue weighted by Gasteiger charge is -2.31. The Morgan fingerprint density at radius 3 is 2.64 bits per heavy atom. The lowest BCUT2D eigenvalue weighted by atomic mass is 10.2. The SMILES string of the molecule is O=C(Nc1ccc(Oc2ccc(C(F)(F)F)cc2)nc1)N1CCO[C@@H](CO)C1. The largest absolute Gasteiger partial charge is 0.439 e. The molecule has 2 aromatic rings. The molecular weight excluding hydrogens is 379 g/mol. The predicted molar refractivity (Wildman–Crippen MR) is 93.2 cm³/mol. The van der Waals surface area contributed by atoms with E-state index in [9.17, 15) is 18.0 Å². The molecule has 0 unspecified atom stereocenters. The third-order valence-electron chi connectivity index (χ3n) is 4.02. The molecule has 0 bridgehead atoms. The molecule has 1 aliphatic heterocycles. The number of amides is 2. The number of urea groups is 1. The number of halogens is 3. The van der Waals surface area contributed by atoms with Crippen LogP contribution in [0, 0.1) is 0 Å². The fraction of sp³-hybridized carbons (Fsp3) is 0.333.